The van der Waals surface area contributed by atoms with E-state index in [1.165, 1.54) is 0 Å². The van der Waals surface area contributed by atoms with Gasteiger partial charge in [-0.1, -0.05) is 0 Å². The largest absolute Gasteiger partial charge is 0.356 e. The van der Waals surface area contributed by atoms with Gasteiger partial charge in [0.05, 0.1) is 5.92 Å². The summed E-state index contributed by atoms with van der Waals surface area (Å²) in [5, 5.41) is 5.90. The number of nitrogens with one attached hydrogen (secondary N) is 2. The first-order chi connectivity index (χ1) is 5.84. The zero-order chi connectivity index (χ0) is 8.81. The van der Waals surface area contributed by atoms with Gasteiger partial charge >= 0.3 is 0 Å². The number of carbonyl (C=O) groups excluding carboxylic acids is 1. The maximum Gasteiger partial charge on any atom is 0.225 e. The molecule has 0 aromatic heterocycles. The Labute approximate surface area is 72.9 Å². The zero-order valence-corrected chi connectivity index (χ0v) is 7.10. The molecule has 0 aromatic rings. The third-order valence-corrected chi connectivity index (χ3v) is 1.95. The van der Waals surface area contributed by atoms with Crippen molar-refractivity contribution in [1.29, 1.82) is 0 Å². The number of hydrogen-bond acceptors (Lipinski definition) is 2. The van der Waals surface area contributed by atoms with E-state index in [0.717, 1.165) is 25.9 Å². The van der Waals surface area contributed by atoms with Gasteiger partial charge in [-0.3, -0.25) is 4.79 Å². The lowest BCUT2D eigenvalue weighted by Crippen LogP contribution is -2.50. The van der Waals surface area contributed by atoms with E-state index in [-0.39, 0.29) is 11.8 Å². The average Bonchev–Trinajstić information content (AvgIpc) is 1.95. The van der Waals surface area contributed by atoms with Gasteiger partial charge in [0.2, 0.25) is 5.91 Å². The van der Waals surface area contributed by atoms with Crippen molar-refractivity contribution in [2.45, 2.75) is 12.8 Å². The zero-order valence-electron chi connectivity index (χ0n) is 7.10. The van der Waals surface area contributed by atoms with Crippen molar-refractivity contribution in [2.75, 3.05) is 19.6 Å². The molecule has 3 nitrogen and oxygen atoms in total. The van der Waals surface area contributed by atoms with Crippen LogP contribution in [0.4, 0.5) is 0 Å². The molecule has 0 atom stereocenters. The summed E-state index contributed by atoms with van der Waals surface area (Å²) >= 11 is 0. The second-order valence-electron chi connectivity index (χ2n) is 2.95. The Kier molecular flexibility index (Phi) is 3.62. The molecule has 1 fully saturated rings. The van der Waals surface area contributed by atoms with E-state index in [9.17, 15) is 4.79 Å². The SMILES string of the molecule is C#CCCCNC(=O)C1CNC1. The Hall–Kier alpha value is -1.01. The highest BCUT2D eigenvalue weighted by atomic mass is 16.2. The monoisotopic (exact) mass is 166 g/mol. The van der Waals surface area contributed by atoms with E-state index < -0.39 is 0 Å². The number of terminal acetylenes is 1. The summed E-state index contributed by atoms with van der Waals surface area (Å²) in [4.78, 5) is 11.2. The third-order valence-electron chi connectivity index (χ3n) is 1.95. The highest BCUT2D eigenvalue weighted by molar-refractivity contribution is 5.79. The molecule has 2 N–H and O–H groups in total. The van der Waals surface area contributed by atoms with Gasteiger partial charge in [0.1, 0.15) is 0 Å². The minimum Gasteiger partial charge on any atom is -0.356 e. The first kappa shape index (κ1) is 9.08. The molecule has 1 rings (SSSR count). The van der Waals surface area contributed by atoms with Crippen LogP contribution in [0.25, 0.3) is 0 Å². The molecule has 0 radical (unpaired) electrons. The number of amides is 1. The second kappa shape index (κ2) is 4.78. The van der Waals surface area contributed by atoms with E-state index in [1.807, 2.05) is 0 Å². The highest BCUT2D eigenvalue weighted by Gasteiger charge is 2.23. The van der Waals surface area contributed by atoms with Gasteiger partial charge in [-0.05, 0) is 6.42 Å². The Morgan fingerprint density at radius 1 is 1.67 bits per heavy atom. The first-order valence-electron chi connectivity index (χ1n) is 4.26. The quantitative estimate of drug-likeness (QED) is 0.446. The van der Waals surface area contributed by atoms with Crippen LogP contribution in [-0.4, -0.2) is 25.5 Å². The standard InChI is InChI=1S/C9H14N2O/c1-2-3-4-5-11-9(12)8-6-10-7-8/h1,8,10H,3-7H2,(H,11,12). The van der Waals surface area contributed by atoms with Crippen molar-refractivity contribution in [3.63, 3.8) is 0 Å². The molecule has 12 heavy (non-hydrogen) atoms. The van der Waals surface area contributed by atoms with E-state index in [0.29, 0.717) is 6.54 Å². The van der Waals surface area contributed by atoms with Gasteiger partial charge in [0.15, 0.2) is 0 Å². The summed E-state index contributed by atoms with van der Waals surface area (Å²) in [5.41, 5.74) is 0. The van der Waals surface area contributed by atoms with Crippen LogP contribution >= 0.6 is 0 Å². The normalized spacial score (nSPS) is 16.2. The van der Waals surface area contributed by atoms with Gasteiger partial charge < -0.3 is 10.6 Å². The van der Waals surface area contributed by atoms with Crippen molar-refractivity contribution in [3.8, 4) is 12.3 Å². The van der Waals surface area contributed by atoms with E-state index in [2.05, 4.69) is 16.6 Å². The Bertz CT molecular complexity index is 191. The van der Waals surface area contributed by atoms with Crippen LogP contribution in [0.15, 0.2) is 0 Å². The van der Waals surface area contributed by atoms with Crippen molar-refractivity contribution < 1.29 is 4.79 Å². The van der Waals surface area contributed by atoms with Crippen molar-refractivity contribution in [3.05, 3.63) is 0 Å². The molecule has 0 unspecified atom stereocenters. The molecule has 0 saturated carbocycles. The molecular formula is C9H14N2O. The average molecular weight is 166 g/mol. The number of unbranched alkanes of at least 4 members (excludes halogenated alkanes) is 1. The smallest absolute Gasteiger partial charge is 0.225 e. The molecule has 1 aliphatic heterocycles. The van der Waals surface area contributed by atoms with Crippen molar-refractivity contribution in [2.24, 2.45) is 5.92 Å². The third kappa shape index (κ3) is 2.55. The molecule has 1 heterocycles. The number of hydrogen-bond donors (Lipinski definition) is 2. The molecule has 0 aliphatic carbocycles. The summed E-state index contributed by atoms with van der Waals surface area (Å²) in [5.74, 6) is 2.88. The highest BCUT2D eigenvalue weighted by Crippen LogP contribution is 2.01. The summed E-state index contributed by atoms with van der Waals surface area (Å²) in [7, 11) is 0. The van der Waals surface area contributed by atoms with Gasteiger partial charge in [-0.2, -0.15) is 0 Å². The molecule has 0 spiro atoms. The van der Waals surface area contributed by atoms with Crippen molar-refractivity contribution in [1.82, 2.24) is 10.6 Å². The van der Waals surface area contributed by atoms with Crippen LogP contribution in [0.1, 0.15) is 12.8 Å². The molecule has 0 bridgehead atoms. The lowest BCUT2D eigenvalue weighted by atomic mass is 10.0. The first-order valence-corrected chi connectivity index (χ1v) is 4.26. The summed E-state index contributed by atoms with van der Waals surface area (Å²) in [6.45, 7) is 2.35. The maximum atomic E-state index is 11.2. The fourth-order valence-electron chi connectivity index (χ4n) is 1.02. The Morgan fingerprint density at radius 2 is 2.42 bits per heavy atom. The molecule has 3 heteroatoms. The van der Waals surface area contributed by atoms with Crippen molar-refractivity contribution >= 4 is 5.91 Å². The topological polar surface area (TPSA) is 41.1 Å². The van der Waals surface area contributed by atoms with Crippen LogP contribution in [0.5, 0.6) is 0 Å². The van der Waals surface area contributed by atoms with Crippen LogP contribution in [0, 0.1) is 18.3 Å². The van der Waals surface area contributed by atoms with Crippen LogP contribution in [-0.2, 0) is 4.79 Å². The number of carbonyl (C=O) groups is 1. The van der Waals surface area contributed by atoms with Crippen LogP contribution in [0.2, 0.25) is 0 Å². The van der Waals surface area contributed by atoms with Crippen LogP contribution < -0.4 is 10.6 Å². The minimum atomic E-state index is 0.158. The summed E-state index contributed by atoms with van der Waals surface area (Å²) in [6, 6.07) is 0. The van der Waals surface area contributed by atoms with E-state index in [4.69, 9.17) is 6.42 Å². The lowest BCUT2D eigenvalue weighted by Gasteiger charge is -2.25. The van der Waals surface area contributed by atoms with Gasteiger partial charge in [0.25, 0.3) is 0 Å². The fraction of sp³-hybridized carbons (Fsp3) is 0.667. The van der Waals surface area contributed by atoms with E-state index >= 15 is 0 Å². The minimum absolute atomic E-state index is 0.158. The summed E-state index contributed by atoms with van der Waals surface area (Å²) in [6.07, 6.45) is 6.69. The second-order valence-corrected chi connectivity index (χ2v) is 2.95. The molecule has 0 aromatic carbocycles. The lowest BCUT2D eigenvalue weighted by molar-refractivity contribution is -0.126. The number of rotatable bonds is 4. The fourth-order valence-corrected chi connectivity index (χ4v) is 1.02. The Balaban J connectivity index is 1.99. The van der Waals surface area contributed by atoms with Gasteiger partial charge in [-0.25, -0.2) is 0 Å². The summed E-state index contributed by atoms with van der Waals surface area (Å²) < 4.78 is 0. The molecule has 1 amide bonds. The van der Waals surface area contributed by atoms with Crippen LogP contribution in [0.3, 0.4) is 0 Å². The Morgan fingerprint density at radius 3 is 2.92 bits per heavy atom. The van der Waals surface area contributed by atoms with Gasteiger partial charge in [0, 0.05) is 26.1 Å². The molecule has 1 saturated heterocycles. The predicted molar refractivity (Wildman–Crippen MR) is 47.4 cm³/mol. The van der Waals surface area contributed by atoms with E-state index in [1.54, 1.807) is 0 Å². The molecule has 66 valence electrons. The molecular weight excluding hydrogens is 152 g/mol. The maximum absolute atomic E-state index is 11.2. The van der Waals surface area contributed by atoms with Gasteiger partial charge in [-0.15, -0.1) is 12.3 Å². The predicted octanol–water partition coefficient (Wildman–Crippen LogP) is -0.265. The molecule has 1 aliphatic rings.